The molecule has 0 aliphatic carbocycles. The molecular weight excluding hydrogens is 292 g/mol. The Morgan fingerprint density at radius 1 is 1.33 bits per heavy atom. The van der Waals surface area contributed by atoms with Crippen molar-refractivity contribution in [1.29, 1.82) is 5.26 Å². The molecule has 0 fully saturated rings. The van der Waals surface area contributed by atoms with Crippen LogP contribution in [0.4, 0.5) is 0 Å². The molecule has 0 bridgehead atoms. The van der Waals surface area contributed by atoms with E-state index >= 15 is 0 Å². The number of aromatic nitrogens is 3. The molecule has 1 aromatic carbocycles. The maximum atomic E-state index is 9.25. The van der Waals surface area contributed by atoms with Crippen molar-refractivity contribution < 1.29 is 0 Å². The van der Waals surface area contributed by atoms with Crippen molar-refractivity contribution >= 4 is 15.9 Å². The third-order valence-electron chi connectivity index (χ3n) is 2.68. The van der Waals surface area contributed by atoms with Crippen LogP contribution in [0.15, 0.2) is 22.7 Å². The number of hydrogen-bond acceptors (Lipinski definition) is 3. The van der Waals surface area contributed by atoms with Gasteiger partial charge in [0.05, 0.1) is 11.3 Å². The number of halogens is 1. The molecule has 4 nitrogen and oxygen atoms in total. The highest BCUT2D eigenvalue weighted by molar-refractivity contribution is 9.10. The van der Waals surface area contributed by atoms with Crippen LogP contribution in [0.25, 0.3) is 5.69 Å². The molecule has 1 aromatic heterocycles. The van der Waals surface area contributed by atoms with Gasteiger partial charge < -0.3 is 0 Å². The van der Waals surface area contributed by atoms with E-state index in [9.17, 15) is 5.26 Å². The van der Waals surface area contributed by atoms with Crippen LogP contribution in [0.1, 0.15) is 31.1 Å². The summed E-state index contributed by atoms with van der Waals surface area (Å²) in [6.07, 6.45) is 1.57. The van der Waals surface area contributed by atoms with Crippen molar-refractivity contribution in [2.75, 3.05) is 0 Å². The van der Waals surface area contributed by atoms with Crippen LogP contribution in [0, 0.1) is 11.3 Å². The Morgan fingerprint density at radius 3 is 2.72 bits per heavy atom. The monoisotopic (exact) mass is 304 g/mol. The first-order valence-electron chi connectivity index (χ1n) is 5.85. The standard InChI is InChI=1S/C13H13BrN4/c1-3-12-16-13(4-2)18(17-12)11-7-5-6-10(14)9(11)8-15/h5-7H,3-4H2,1-2H3. The topological polar surface area (TPSA) is 54.5 Å². The molecular formula is C13H13BrN4. The van der Waals surface area contributed by atoms with E-state index < -0.39 is 0 Å². The summed E-state index contributed by atoms with van der Waals surface area (Å²) < 4.78 is 2.54. The van der Waals surface area contributed by atoms with Crippen molar-refractivity contribution in [3.63, 3.8) is 0 Å². The first-order valence-corrected chi connectivity index (χ1v) is 6.64. The van der Waals surface area contributed by atoms with Gasteiger partial charge in [-0.3, -0.25) is 0 Å². The predicted molar refractivity (Wildman–Crippen MR) is 72.5 cm³/mol. The molecule has 0 aliphatic heterocycles. The lowest BCUT2D eigenvalue weighted by Crippen LogP contribution is -2.04. The fourth-order valence-corrected chi connectivity index (χ4v) is 2.21. The van der Waals surface area contributed by atoms with Crippen LogP contribution in [-0.4, -0.2) is 14.8 Å². The molecule has 0 atom stereocenters. The number of aryl methyl sites for hydroxylation is 2. The van der Waals surface area contributed by atoms with Crippen molar-refractivity contribution in [3.8, 4) is 11.8 Å². The summed E-state index contributed by atoms with van der Waals surface area (Å²) in [7, 11) is 0. The van der Waals surface area contributed by atoms with Gasteiger partial charge in [0.15, 0.2) is 5.82 Å². The van der Waals surface area contributed by atoms with E-state index in [0.717, 1.165) is 34.7 Å². The summed E-state index contributed by atoms with van der Waals surface area (Å²) in [5, 5.41) is 13.7. The normalized spacial score (nSPS) is 10.3. The third-order valence-corrected chi connectivity index (χ3v) is 3.34. The molecule has 0 amide bonds. The smallest absolute Gasteiger partial charge is 0.151 e. The van der Waals surface area contributed by atoms with Crippen LogP contribution in [0.5, 0.6) is 0 Å². The molecule has 2 rings (SSSR count). The highest BCUT2D eigenvalue weighted by Gasteiger charge is 2.14. The zero-order chi connectivity index (χ0) is 13.1. The van der Waals surface area contributed by atoms with E-state index in [1.165, 1.54) is 0 Å². The van der Waals surface area contributed by atoms with E-state index in [4.69, 9.17) is 0 Å². The van der Waals surface area contributed by atoms with E-state index in [1.807, 2.05) is 32.0 Å². The molecule has 0 saturated carbocycles. The first-order chi connectivity index (χ1) is 8.71. The minimum Gasteiger partial charge on any atom is -0.216 e. The Balaban J connectivity index is 2.65. The van der Waals surface area contributed by atoms with Gasteiger partial charge in [-0.1, -0.05) is 19.9 Å². The van der Waals surface area contributed by atoms with Crippen LogP contribution >= 0.6 is 15.9 Å². The Kier molecular flexibility index (Phi) is 3.78. The number of hydrogen-bond donors (Lipinski definition) is 0. The lowest BCUT2D eigenvalue weighted by Gasteiger charge is -2.07. The quantitative estimate of drug-likeness (QED) is 0.876. The summed E-state index contributed by atoms with van der Waals surface area (Å²) in [6.45, 7) is 4.05. The minimum absolute atomic E-state index is 0.583. The van der Waals surface area contributed by atoms with Crippen molar-refractivity contribution in [2.24, 2.45) is 0 Å². The molecule has 0 N–H and O–H groups in total. The molecule has 0 spiro atoms. The van der Waals surface area contributed by atoms with E-state index in [1.54, 1.807) is 4.68 Å². The Bertz CT molecular complexity index is 610. The maximum Gasteiger partial charge on any atom is 0.151 e. The molecule has 18 heavy (non-hydrogen) atoms. The SMILES string of the molecule is CCc1nc(CC)n(-c2cccc(Br)c2C#N)n1. The molecule has 92 valence electrons. The molecule has 0 saturated heterocycles. The molecule has 0 aliphatic rings. The van der Waals surface area contributed by atoms with Gasteiger partial charge in [0.1, 0.15) is 11.9 Å². The van der Waals surface area contributed by atoms with Gasteiger partial charge in [0.2, 0.25) is 0 Å². The van der Waals surface area contributed by atoms with Crippen molar-refractivity contribution in [3.05, 3.63) is 39.9 Å². The molecule has 5 heteroatoms. The Labute approximate surface area is 114 Å². The predicted octanol–water partition coefficient (Wildman–Crippen LogP) is 3.03. The average Bonchev–Trinajstić information content (AvgIpc) is 2.81. The van der Waals surface area contributed by atoms with Gasteiger partial charge in [0.25, 0.3) is 0 Å². The minimum atomic E-state index is 0.583. The second-order valence-corrected chi connectivity index (χ2v) is 4.66. The number of nitriles is 1. The number of benzene rings is 1. The van der Waals surface area contributed by atoms with Crippen LogP contribution in [0.2, 0.25) is 0 Å². The van der Waals surface area contributed by atoms with Crippen LogP contribution in [0.3, 0.4) is 0 Å². The number of nitrogens with zero attached hydrogens (tertiary/aromatic N) is 4. The molecule has 0 unspecified atom stereocenters. The van der Waals surface area contributed by atoms with Gasteiger partial charge in [-0.2, -0.15) is 10.4 Å². The van der Waals surface area contributed by atoms with E-state index in [0.29, 0.717) is 5.56 Å². The summed E-state index contributed by atoms with van der Waals surface area (Å²) in [5.41, 5.74) is 1.36. The molecule has 1 heterocycles. The van der Waals surface area contributed by atoms with Gasteiger partial charge in [-0.05, 0) is 28.1 Å². The van der Waals surface area contributed by atoms with Crippen molar-refractivity contribution in [1.82, 2.24) is 14.8 Å². The molecule has 0 radical (unpaired) electrons. The lowest BCUT2D eigenvalue weighted by atomic mass is 10.2. The highest BCUT2D eigenvalue weighted by Crippen LogP contribution is 2.23. The third kappa shape index (κ3) is 2.16. The molecule has 2 aromatic rings. The summed E-state index contributed by atoms with van der Waals surface area (Å²) in [5.74, 6) is 1.68. The number of rotatable bonds is 3. The second-order valence-electron chi connectivity index (χ2n) is 3.81. The van der Waals surface area contributed by atoms with Crippen LogP contribution < -0.4 is 0 Å². The highest BCUT2D eigenvalue weighted by atomic mass is 79.9. The zero-order valence-electron chi connectivity index (χ0n) is 10.3. The fraction of sp³-hybridized carbons (Fsp3) is 0.308. The van der Waals surface area contributed by atoms with Gasteiger partial charge in [-0.15, -0.1) is 0 Å². The first kappa shape index (κ1) is 12.8. The zero-order valence-corrected chi connectivity index (χ0v) is 11.9. The summed E-state index contributed by atoms with van der Waals surface area (Å²) in [6, 6.07) is 7.84. The lowest BCUT2D eigenvalue weighted by molar-refractivity contribution is 0.788. The Morgan fingerprint density at radius 2 is 2.11 bits per heavy atom. The van der Waals surface area contributed by atoms with Crippen LogP contribution in [-0.2, 0) is 12.8 Å². The maximum absolute atomic E-state index is 9.25. The van der Waals surface area contributed by atoms with E-state index in [2.05, 4.69) is 32.1 Å². The summed E-state index contributed by atoms with van der Waals surface area (Å²) >= 11 is 3.39. The summed E-state index contributed by atoms with van der Waals surface area (Å²) in [4.78, 5) is 4.46. The second kappa shape index (κ2) is 5.32. The van der Waals surface area contributed by atoms with Gasteiger partial charge in [0, 0.05) is 17.3 Å². The average molecular weight is 305 g/mol. The van der Waals surface area contributed by atoms with Gasteiger partial charge >= 0.3 is 0 Å². The van der Waals surface area contributed by atoms with Gasteiger partial charge in [-0.25, -0.2) is 9.67 Å². The van der Waals surface area contributed by atoms with Crippen molar-refractivity contribution in [2.45, 2.75) is 26.7 Å². The Hall–Kier alpha value is -1.67. The van der Waals surface area contributed by atoms with E-state index in [-0.39, 0.29) is 0 Å². The fourth-order valence-electron chi connectivity index (χ4n) is 1.76. The largest absolute Gasteiger partial charge is 0.216 e.